The summed E-state index contributed by atoms with van der Waals surface area (Å²) in [6, 6.07) is 20.5. The Morgan fingerprint density at radius 3 is 2.16 bits per heavy atom. The molecule has 0 radical (unpaired) electrons. The number of nitrogens with zero attached hydrogens (tertiary/aromatic N) is 2. The first-order chi connectivity index (χ1) is 9.43. The van der Waals surface area contributed by atoms with E-state index < -0.39 is 0 Å². The highest BCUT2D eigenvalue weighted by atomic mass is 15.3. The van der Waals surface area contributed by atoms with E-state index in [4.69, 9.17) is 0 Å². The van der Waals surface area contributed by atoms with Gasteiger partial charge in [0, 0.05) is 25.0 Å². The van der Waals surface area contributed by atoms with Crippen LogP contribution in [0.2, 0.25) is 0 Å². The van der Waals surface area contributed by atoms with E-state index in [2.05, 4.69) is 40.2 Å². The van der Waals surface area contributed by atoms with Crippen molar-refractivity contribution in [2.24, 2.45) is 4.99 Å². The van der Waals surface area contributed by atoms with E-state index in [1.807, 2.05) is 42.6 Å². The zero-order valence-electron chi connectivity index (χ0n) is 10.7. The summed E-state index contributed by atoms with van der Waals surface area (Å²) in [5.41, 5.74) is 3.48. The van der Waals surface area contributed by atoms with E-state index in [1.165, 1.54) is 11.3 Å². The smallest absolute Gasteiger partial charge is 0.0629 e. The van der Waals surface area contributed by atoms with Crippen LogP contribution < -0.4 is 0 Å². The third-order valence-corrected chi connectivity index (χ3v) is 3.07. The first-order valence-electron chi connectivity index (χ1n) is 6.53. The van der Waals surface area contributed by atoms with Gasteiger partial charge in [0.1, 0.15) is 0 Å². The molecule has 1 aliphatic heterocycles. The molecule has 0 amide bonds. The van der Waals surface area contributed by atoms with Gasteiger partial charge in [0.05, 0.1) is 5.69 Å². The fourth-order valence-corrected chi connectivity index (χ4v) is 1.99. The normalized spacial score (nSPS) is 14.9. The minimum absolute atomic E-state index is 0.983. The van der Waals surface area contributed by atoms with Crippen molar-refractivity contribution < 1.29 is 0 Å². The minimum Gasteiger partial charge on any atom is -0.367 e. The molecule has 0 unspecified atom stereocenters. The highest BCUT2D eigenvalue weighted by Gasteiger charge is 2.20. The zero-order chi connectivity index (χ0) is 12.9. The van der Waals surface area contributed by atoms with Crippen LogP contribution in [0, 0.1) is 0 Å². The fraction of sp³-hybridized carbons (Fsp3) is 0.118. The number of hydrogen-bond acceptors (Lipinski definition) is 2. The van der Waals surface area contributed by atoms with Gasteiger partial charge in [-0.3, -0.25) is 4.99 Å². The van der Waals surface area contributed by atoms with Gasteiger partial charge in [-0.1, -0.05) is 48.5 Å². The summed E-state index contributed by atoms with van der Waals surface area (Å²) in [5, 5.41) is 0. The predicted molar refractivity (Wildman–Crippen MR) is 80.6 cm³/mol. The second-order valence-corrected chi connectivity index (χ2v) is 4.52. The molecule has 3 rings (SSSR count). The lowest BCUT2D eigenvalue weighted by molar-refractivity contribution is 0.806. The summed E-state index contributed by atoms with van der Waals surface area (Å²) >= 11 is 0. The SMILES string of the molecule is C(C=C(c1ccccc1)N1CC1)=Nc1ccccc1. The molecule has 1 aliphatic rings. The van der Waals surface area contributed by atoms with E-state index in [1.54, 1.807) is 0 Å². The Labute approximate surface area is 113 Å². The molecule has 0 aromatic heterocycles. The first-order valence-corrected chi connectivity index (χ1v) is 6.53. The number of para-hydroxylation sites is 1. The van der Waals surface area contributed by atoms with Crippen LogP contribution in [0.25, 0.3) is 5.70 Å². The highest BCUT2D eigenvalue weighted by Crippen LogP contribution is 2.24. The van der Waals surface area contributed by atoms with Gasteiger partial charge < -0.3 is 4.90 Å². The highest BCUT2D eigenvalue weighted by molar-refractivity contribution is 5.85. The number of aliphatic imine (C=N–C) groups is 1. The largest absolute Gasteiger partial charge is 0.367 e. The number of allylic oxidation sites excluding steroid dienone is 1. The molecular formula is C17H16N2. The standard InChI is InChI=1S/C17H16N2/c1-3-7-15(8-4-1)17(19-13-14-19)11-12-18-16-9-5-2-6-10-16/h1-12H,13-14H2. The molecule has 19 heavy (non-hydrogen) atoms. The molecule has 0 bridgehead atoms. The van der Waals surface area contributed by atoms with Crippen molar-refractivity contribution in [3.8, 4) is 0 Å². The summed E-state index contributed by atoms with van der Waals surface area (Å²) in [7, 11) is 0. The summed E-state index contributed by atoms with van der Waals surface area (Å²) in [6.45, 7) is 2.28. The van der Waals surface area contributed by atoms with Crippen LogP contribution >= 0.6 is 0 Å². The van der Waals surface area contributed by atoms with Crippen molar-refractivity contribution in [3.05, 3.63) is 72.3 Å². The van der Waals surface area contributed by atoms with Gasteiger partial charge in [-0.15, -0.1) is 0 Å². The molecule has 1 heterocycles. The summed E-state index contributed by atoms with van der Waals surface area (Å²) in [6.07, 6.45) is 3.98. The maximum absolute atomic E-state index is 4.45. The number of hydrogen-bond donors (Lipinski definition) is 0. The van der Waals surface area contributed by atoms with Crippen LogP contribution in [0.5, 0.6) is 0 Å². The van der Waals surface area contributed by atoms with E-state index in [0.29, 0.717) is 0 Å². The Morgan fingerprint density at radius 1 is 0.895 bits per heavy atom. The van der Waals surface area contributed by atoms with Gasteiger partial charge in [0.15, 0.2) is 0 Å². The predicted octanol–water partition coefficient (Wildman–Crippen LogP) is 3.75. The van der Waals surface area contributed by atoms with Crippen LogP contribution in [0.15, 0.2) is 71.7 Å². The lowest BCUT2D eigenvalue weighted by Crippen LogP contribution is -1.96. The Kier molecular flexibility index (Phi) is 3.41. The van der Waals surface area contributed by atoms with Crippen molar-refractivity contribution in [1.29, 1.82) is 0 Å². The Morgan fingerprint density at radius 2 is 1.53 bits per heavy atom. The molecule has 2 nitrogen and oxygen atoms in total. The second kappa shape index (κ2) is 5.53. The fourth-order valence-electron chi connectivity index (χ4n) is 1.99. The average Bonchev–Trinajstić information content (AvgIpc) is 3.30. The molecule has 2 heteroatoms. The van der Waals surface area contributed by atoms with Crippen LogP contribution in [0.4, 0.5) is 5.69 Å². The van der Waals surface area contributed by atoms with E-state index in [9.17, 15) is 0 Å². The molecule has 0 aliphatic carbocycles. The number of rotatable bonds is 4. The monoisotopic (exact) mass is 248 g/mol. The molecule has 2 aromatic rings. The lowest BCUT2D eigenvalue weighted by atomic mass is 10.1. The van der Waals surface area contributed by atoms with Gasteiger partial charge in [-0.2, -0.15) is 0 Å². The summed E-state index contributed by atoms with van der Waals surface area (Å²) in [5.74, 6) is 0. The third-order valence-electron chi connectivity index (χ3n) is 3.07. The van der Waals surface area contributed by atoms with E-state index in [-0.39, 0.29) is 0 Å². The second-order valence-electron chi connectivity index (χ2n) is 4.52. The van der Waals surface area contributed by atoms with Gasteiger partial charge in [0.25, 0.3) is 0 Å². The molecular weight excluding hydrogens is 232 g/mol. The van der Waals surface area contributed by atoms with Gasteiger partial charge in [-0.25, -0.2) is 0 Å². The molecule has 1 saturated heterocycles. The maximum Gasteiger partial charge on any atom is 0.0629 e. The van der Waals surface area contributed by atoms with Crippen LogP contribution in [0.3, 0.4) is 0 Å². The topological polar surface area (TPSA) is 15.4 Å². The van der Waals surface area contributed by atoms with Crippen LogP contribution in [-0.2, 0) is 0 Å². The molecule has 0 atom stereocenters. The van der Waals surface area contributed by atoms with Crippen LogP contribution in [0.1, 0.15) is 5.56 Å². The van der Waals surface area contributed by atoms with Gasteiger partial charge >= 0.3 is 0 Å². The van der Waals surface area contributed by atoms with Gasteiger partial charge in [0.2, 0.25) is 0 Å². The lowest BCUT2D eigenvalue weighted by Gasteiger charge is -2.07. The first kappa shape index (κ1) is 11.7. The Bertz CT molecular complexity index is 581. The summed E-state index contributed by atoms with van der Waals surface area (Å²) in [4.78, 5) is 6.79. The summed E-state index contributed by atoms with van der Waals surface area (Å²) < 4.78 is 0. The van der Waals surface area contributed by atoms with Crippen LogP contribution in [-0.4, -0.2) is 24.2 Å². The molecule has 0 saturated carbocycles. The Hall–Kier alpha value is -2.35. The van der Waals surface area contributed by atoms with E-state index >= 15 is 0 Å². The molecule has 1 fully saturated rings. The Balaban J connectivity index is 1.81. The quantitative estimate of drug-likeness (QED) is 0.594. The zero-order valence-corrected chi connectivity index (χ0v) is 10.7. The van der Waals surface area contributed by atoms with Crippen molar-refractivity contribution in [3.63, 3.8) is 0 Å². The third kappa shape index (κ3) is 3.10. The van der Waals surface area contributed by atoms with Crippen molar-refractivity contribution >= 4 is 17.6 Å². The molecule has 94 valence electrons. The molecule has 0 N–H and O–H groups in total. The maximum atomic E-state index is 4.45. The average molecular weight is 248 g/mol. The van der Waals surface area contributed by atoms with Crippen molar-refractivity contribution in [1.82, 2.24) is 4.90 Å². The number of benzene rings is 2. The molecule has 2 aromatic carbocycles. The van der Waals surface area contributed by atoms with Crippen molar-refractivity contribution in [2.45, 2.75) is 0 Å². The minimum atomic E-state index is 0.983. The van der Waals surface area contributed by atoms with E-state index in [0.717, 1.165) is 18.8 Å². The van der Waals surface area contributed by atoms with Crippen molar-refractivity contribution in [2.75, 3.05) is 13.1 Å². The van der Waals surface area contributed by atoms with Gasteiger partial charge in [-0.05, 0) is 23.8 Å². The molecule has 0 spiro atoms.